The van der Waals surface area contributed by atoms with Crippen LogP contribution in [-0.2, 0) is 0 Å². The maximum atomic E-state index is 9.70. The highest BCUT2D eigenvalue weighted by Crippen LogP contribution is 2.46. The summed E-state index contributed by atoms with van der Waals surface area (Å²) in [5.74, 6) is 1.37. The Morgan fingerprint density at radius 1 is 1.36 bits per heavy atom. The number of nitrogens with two attached hydrogens (primary N) is 1. The maximum absolute atomic E-state index is 9.70. The number of hydrogen-bond acceptors (Lipinski definition) is 7. The molecule has 0 aliphatic carbocycles. The first kappa shape index (κ1) is 17.9. The van der Waals surface area contributed by atoms with Gasteiger partial charge in [-0.15, -0.1) is 5.10 Å². The molecule has 1 aromatic carbocycles. The van der Waals surface area contributed by atoms with E-state index in [0.29, 0.717) is 29.6 Å². The molecule has 1 aliphatic heterocycles. The van der Waals surface area contributed by atoms with Crippen molar-refractivity contribution in [3.63, 3.8) is 0 Å². The molecule has 7 nitrogen and oxygen atoms in total. The van der Waals surface area contributed by atoms with Gasteiger partial charge in [-0.05, 0) is 47.5 Å². The predicted octanol–water partition coefficient (Wildman–Crippen LogP) is 3.76. The van der Waals surface area contributed by atoms with Gasteiger partial charge < -0.3 is 19.9 Å². The summed E-state index contributed by atoms with van der Waals surface area (Å²) >= 11 is 1.56. The number of ether oxygens (including phenoxy) is 3. The monoisotopic (exact) mass is 394 g/mol. The topological polar surface area (TPSA) is 106 Å². The van der Waals surface area contributed by atoms with Gasteiger partial charge >= 0.3 is 0 Å². The molecule has 28 heavy (non-hydrogen) atoms. The van der Waals surface area contributed by atoms with E-state index in [1.807, 2.05) is 41.9 Å². The summed E-state index contributed by atoms with van der Waals surface area (Å²) in [6, 6.07) is 9.81. The number of nitrogens with one attached hydrogen (secondary N) is 1. The zero-order valence-corrected chi connectivity index (χ0v) is 16.2. The lowest BCUT2D eigenvalue weighted by Crippen LogP contribution is -2.20. The minimum atomic E-state index is -0.355. The molecule has 2 aromatic heterocycles. The number of nitrogens with zero attached hydrogens (tertiary/aromatic N) is 2. The van der Waals surface area contributed by atoms with Crippen LogP contribution in [0, 0.1) is 11.3 Å². The minimum Gasteiger partial charge on any atom is -0.493 e. The Morgan fingerprint density at radius 3 is 2.89 bits per heavy atom. The lowest BCUT2D eigenvalue weighted by Gasteiger charge is -2.23. The number of aromatic amines is 1. The SMILES string of the molecule is CCOc1ccc(-c2[nH]nc3c2C(c2ccsc2)C(C#N)=C(N)O3)cc1OC. The summed E-state index contributed by atoms with van der Waals surface area (Å²) < 4.78 is 16.7. The molecule has 1 unspecified atom stereocenters. The smallest absolute Gasteiger partial charge is 0.244 e. The number of methoxy groups -OCH3 is 1. The van der Waals surface area contributed by atoms with E-state index >= 15 is 0 Å². The maximum Gasteiger partial charge on any atom is 0.244 e. The number of allylic oxidation sites excluding steroid dienone is 1. The van der Waals surface area contributed by atoms with Gasteiger partial charge in [0, 0.05) is 5.56 Å². The van der Waals surface area contributed by atoms with Crippen molar-refractivity contribution in [2.45, 2.75) is 12.8 Å². The Morgan fingerprint density at radius 2 is 2.21 bits per heavy atom. The molecule has 1 aliphatic rings. The molecule has 0 bridgehead atoms. The van der Waals surface area contributed by atoms with Crippen molar-refractivity contribution < 1.29 is 14.2 Å². The Hall–Kier alpha value is -3.44. The molecule has 0 spiro atoms. The molecule has 0 radical (unpaired) electrons. The van der Waals surface area contributed by atoms with Crippen LogP contribution in [0.4, 0.5) is 0 Å². The van der Waals surface area contributed by atoms with E-state index < -0.39 is 0 Å². The summed E-state index contributed by atoms with van der Waals surface area (Å²) in [5.41, 5.74) is 9.69. The van der Waals surface area contributed by atoms with Crippen LogP contribution in [0.2, 0.25) is 0 Å². The summed E-state index contributed by atoms with van der Waals surface area (Å²) in [7, 11) is 1.60. The molecule has 142 valence electrons. The molecule has 0 saturated heterocycles. The highest BCUT2D eigenvalue weighted by molar-refractivity contribution is 7.08. The van der Waals surface area contributed by atoms with Crippen LogP contribution in [-0.4, -0.2) is 23.9 Å². The van der Waals surface area contributed by atoms with Crippen LogP contribution >= 0.6 is 11.3 Å². The van der Waals surface area contributed by atoms with E-state index in [2.05, 4.69) is 16.3 Å². The van der Waals surface area contributed by atoms with Crippen molar-refractivity contribution >= 4 is 11.3 Å². The van der Waals surface area contributed by atoms with Gasteiger partial charge in [0.05, 0.1) is 30.9 Å². The van der Waals surface area contributed by atoms with Crippen LogP contribution in [0.25, 0.3) is 11.3 Å². The summed E-state index contributed by atoms with van der Waals surface area (Å²) in [4.78, 5) is 0. The zero-order valence-electron chi connectivity index (χ0n) is 15.4. The van der Waals surface area contributed by atoms with Crippen LogP contribution in [0.15, 0.2) is 46.5 Å². The third-order valence-electron chi connectivity index (χ3n) is 4.57. The molecule has 0 saturated carbocycles. The molecule has 1 atom stereocenters. The molecule has 3 aromatic rings. The summed E-state index contributed by atoms with van der Waals surface area (Å²) in [6.45, 7) is 2.46. The Balaban J connectivity index is 1.88. The number of hydrogen-bond donors (Lipinski definition) is 2. The van der Waals surface area contributed by atoms with Gasteiger partial charge in [0.1, 0.15) is 11.6 Å². The molecule has 0 fully saturated rings. The van der Waals surface area contributed by atoms with Gasteiger partial charge in [0.2, 0.25) is 11.8 Å². The van der Waals surface area contributed by atoms with E-state index in [1.165, 1.54) is 0 Å². The first-order valence-electron chi connectivity index (χ1n) is 8.67. The van der Waals surface area contributed by atoms with E-state index in [0.717, 1.165) is 22.4 Å². The predicted molar refractivity (Wildman–Crippen MR) is 105 cm³/mol. The van der Waals surface area contributed by atoms with E-state index in [-0.39, 0.29) is 11.8 Å². The second-order valence-electron chi connectivity index (χ2n) is 6.10. The molecule has 0 amide bonds. The average molecular weight is 394 g/mol. The Kier molecular flexibility index (Phi) is 4.67. The van der Waals surface area contributed by atoms with Gasteiger partial charge in [-0.2, -0.15) is 16.6 Å². The highest BCUT2D eigenvalue weighted by atomic mass is 32.1. The lowest BCUT2D eigenvalue weighted by atomic mass is 9.84. The third kappa shape index (κ3) is 2.86. The first-order chi connectivity index (χ1) is 13.7. The Labute approximate surface area is 166 Å². The number of nitriles is 1. The largest absolute Gasteiger partial charge is 0.493 e. The third-order valence-corrected chi connectivity index (χ3v) is 5.27. The first-order valence-corrected chi connectivity index (χ1v) is 9.61. The van der Waals surface area contributed by atoms with Gasteiger partial charge in [0.25, 0.3) is 0 Å². The van der Waals surface area contributed by atoms with Crippen molar-refractivity contribution in [1.29, 1.82) is 5.26 Å². The zero-order chi connectivity index (χ0) is 19.7. The number of benzene rings is 1. The second-order valence-corrected chi connectivity index (χ2v) is 6.88. The van der Waals surface area contributed by atoms with Gasteiger partial charge in [-0.3, -0.25) is 5.10 Å². The van der Waals surface area contributed by atoms with E-state index in [9.17, 15) is 5.26 Å². The molecule has 8 heteroatoms. The Bertz CT molecular complexity index is 1080. The molecular weight excluding hydrogens is 376 g/mol. The number of aromatic nitrogens is 2. The van der Waals surface area contributed by atoms with Crippen molar-refractivity contribution in [1.82, 2.24) is 10.2 Å². The minimum absolute atomic E-state index is 0.0773. The fourth-order valence-electron chi connectivity index (χ4n) is 3.34. The second kappa shape index (κ2) is 7.29. The van der Waals surface area contributed by atoms with Crippen LogP contribution in [0.1, 0.15) is 24.0 Å². The van der Waals surface area contributed by atoms with Gasteiger partial charge in [-0.25, -0.2) is 0 Å². The van der Waals surface area contributed by atoms with Crippen molar-refractivity contribution in [2.24, 2.45) is 5.73 Å². The van der Waals surface area contributed by atoms with Crippen LogP contribution < -0.4 is 19.9 Å². The van der Waals surface area contributed by atoms with Crippen molar-refractivity contribution in [2.75, 3.05) is 13.7 Å². The van der Waals surface area contributed by atoms with Crippen molar-refractivity contribution in [3.8, 4) is 34.7 Å². The number of rotatable bonds is 5. The molecular formula is C20H18N4O3S. The van der Waals surface area contributed by atoms with E-state index in [4.69, 9.17) is 19.9 Å². The van der Waals surface area contributed by atoms with E-state index in [1.54, 1.807) is 18.4 Å². The lowest BCUT2D eigenvalue weighted by molar-refractivity contribution is 0.311. The van der Waals surface area contributed by atoms with Gasteiger partial charge in [-0.1, -0.05) is 0 Å². The van der Waals surface area contributed by atoms with Crippen LogP contribution in [0.3, 0.4) is 0 Å². The molecule has 4 rings (SSSR count). The van der Waals surface area contributed by atoms with Gasteiger partial charge in [0.15, 0.2) is 11.5 Å². The number of fused-ring (bicyclic) bond motifs is 1. The standard InChI is InChI=1S/C20H18N4O3S/c1-3-26-14-5-4-11(8-15(14)25-2)18-17-16(12-6-7-28-10-12)13(9-21)19(22)27-20(17)24-23-18/h4-8,10,16H,3,22H2,1-2H3,(H,23,24). The molecule has 3 heterocycles. The molecule has 3 N–H and O–H groups in total. The quantitative estimate of drug-likeness (QED) is 0.682. The summed E-state index contributed by atoms with van der Waals surface area (Å²) in [6.07, 6.45) is 0. The van der Waals surface area contributed by atoms with Crippen LogP contribution in [0.5, 0.6) is 17.4 Å². The normalized spacial score (nSPS) is 15.5. The summed E-state index contributed by atoms with van der Waals surface area (Å²) in [5, 5.41) is 21.0. The number of H-pyrrole nitrogens is 1. The fourth-order valence-corrected chi connectivity index (χ4v) is 4.02. The highest BCUT2D eigenvalue weighted by Gasteiger charge is 2.35. The number of thiophene rings is 1. The fraction of sp³-hybridized carbons (Fsp3) is 0.200. The average Bonchev–Trinajstić information content (AvgIpc) is 3.37. The van der Waals surface area contributed by atoms with Crippen molar-refractivity contribution in [3.05, 3.63) is 57.6 Å².